The Balaban J connectivity index is 1.37. The number of amides is 1. The molecule has 0 saturated heterocycles. The van der Waals surface area contributed by atoms with E-state index >= 15 is 0 Å². The van der Waals surface area contributed by atoms with E-state index in [9.17, 15) is 9.59 Å². The highest BCUT2D eigenvalue weighted by atomic mass is 32.2. The third-order valence-electron chi connectivity index (χ3n) is 4.24. The summed E-state index contributed by atoms with van der Waals surface area (Å²) in [7, 11) is 0. The molecule has 0 radical (unpaired) electrons. The second-order valence-electron chi connectivity index (χ2n) is 6.43. The summed E-state index contributed by atoms with van der Waals surface area (Å²) in [6.07, 6.45) is 3.44. The lowest BCUT2D eigenvalue weighted by Gasteiger charge is -2.07. The lowest BCUT2D eigenvalue weighted by atomic mass is 10.2. The summed E-state index contributed by atoms with van der Waals surface area (Å²) >= 11 is 1.51. The summed E-state index contributed by atoms with van der Waals surface area (Å²) in [6, 6.07) is 18.6. The van der Waals surface area contributed by atoms with Crippen LogP contribution in [-0.2, 0) is 17.1 Å². The van der Waals surface area contributed by atoms with E-state index in [1.165, 1.54) is 20.8 Å². The molecule has 29 heavy (non-hydrogen) atoms. The molecule has 0 unspecified atom stereocenters. The maximum atomic E-state index is 12.4. The molecule has 4 rings (SSSR count). The quantitative estimate of drug-likeness (QED) is 0.511. The number of aromatic nitrogens is 4. The first-order chi connectivity index (χ1) is 14.2. The van der Waals surface area contributed by atoms with Crippen molar-refractivity contribution in [2.75, 3.05) is 11.1 Å². The minimum atomic E-state index is -0.194. The van der Waals surface area contributed by atoms with Crippen molar-refractivity contribution in [1.29, 1.82) is 0 Å². The van der Waals surface area contributed by atoms with Gasteiger partial charge in [-0.1, -0.05) is 24.3 Å². The number of thioether (sulfide) groups is 1. The van der Waals surface area contributed by atoms with Gasteiger partial charge in [0.05, 0.1) is 18.0 Å². The number of benzene rings is 1. The zero-order valence-corrected chi connectivity index (χ0v) is 16.4. The SMILES string of the molecule is O=C(CSCc1ccccn1)Nc1cccc(Cn2nc3ccccn3c2=O)c1. The van der Waals surface area contributed by atoms with Gasteiger partial charge in [-0.25, -0.2) is 9.48 Å². The molecule has 0 aliphatic heterocycles. The van der Waals surface area contributed by atoms with Crippen LogP contribution in [-0.4, -0.2) is 30.8 Å². The Morgan fingerprint density at radius 1 is 1.07 bits per heavy atom. The lowest BCUT2D eigenvalue weighted by molar-refractivity contribution is -0.113. The molecule has 1 aromatic carbocycles. The minimum absolute atomic E-state index is 0.0759. The van der Waals surface area contributed by atoms with Gasteiger partial charge < -0.3 is 5.32 Å². The van der Waals surface area contributed by atoms with Gasteiger partial charge in [-0.3, -0.25) is 14.2 Å². The summed E-state index contributed by atoms with van der Waals surface area (Å²) in [5.74, 6) is 0.950. The molecule has 3 aromatic heterocycles. The molecule has 146 valence electrons. The fourth-order valence-corrected chi connectivity index (χ4v) is 3.66. The topological polar surface area (TPSA) is 81.3 Å². The van der Waals surface area contributed by atoms with Crippen LogP contribution >= 0.6 is 11.8 Å². The summed E-state index contributed by atoms with van der Waals surface area (Å²) in [5.41, 5.74) is 2.94. The van der Waals surface area contributed by atoms with Crippen molar-refractivity contribution < 1.29 is 4.79 Å². The molecule has 3 heterocycles. The molecule has 1 amide bonds. The van der Waals surface area contributed by atoms with Crippen LogP contribution in [0.1, 0.15) is 11.3 Å². The van der Waals surface area contributed by atoms with Crippen LogP contribution in [0.25, 0.3) is 5.65 Å². The number of hydrogen-bond acceptors (Lipinski definition) is 5. The van der Waals surface area contributed by atoms with Crippen LogP contribution in [0.2, 0.25) is 0 Å². The number of rotatable bonds is 7. The van der Waals surface area contributed by atoms with Gasteiger partial charge in [0.2, 0.25) is 5.91 Å². The van der Waals surface area contributed by atoms with Crippen LogP contribution in [0.4, 0.5) is 5.69 Å². The van der Waals surface area contributed by atoms with Gasteiger partial charge in [0, 0.05) is 23.8 Å². The standard InChI is InChI=1S/C21H19N5O2S/c27-20(15-29-14-18-7-1-3-10-22-18)23-17-8-5-6-16(12-17)13-26-21(28)25-11-4-2-9-19(25)24-26/h1-12H,13-15H2,(H,23,27). The van der Waals surface area contributed by atoms with E-state index in [2.05, 4.69) is 15.4 Å². The van der Waals surface area contributed by atoms with Gasteiger partial charge >= 0.3 is 5.69 Å². The largest absolute Gasteiger partial charge is 0.350 e. The Bertz CT molecular complexity index is 1190. The van der Waals surface area contributed by atoms with Crippen LogP contribution in [0, 0.1) is 0 Å². The number of carbonyl (C=O) groups is 1. The highest BCUT2D eigenvalue weighted by Crippen LogP contribution is 2.14. The number of fused-ring (bicyclic) bond motifs is 1. The molecule has 0 fully saturated rings. The molecule has 8 heteroatoms. The molecule has 0 atom stereocenters. The Kier molecular flexibility index (Phi) is 5.71. The van der Waals surface area contributed by atoms with Crippen LogP contribution < -0.4 is 11.0 Å². The highest BCUT2D eigenvalue weighted by molar-refractivity contribution is 7.99. The van der Waals surface area contributed by atoms with Crippen LogP contribution in [0.3, 0.4) is 0 Å². The van der Waals surface area contributed by atoms with E-state index in [0.29, 0.717) is 29.4 Å². The molecule has 1 N–H and O–H groups in total. The van der Waals surface area contributed by atoms with E-state index < -0.39 is 0 Å². The summed E-state index contributed by atoms with van der Waals surface area (Å²) in [6.45, 7) is 0.332. The van der Waals surface area contributed by atoms with E-state index in [4.69, 9.17) is 0 Å². The first kappa shape index (κ1) is 18.9. The number of carbonyl (C=O) groups excluding carboxylic acids is 1. The van der Waals surface area contributed by atoms with Gasteiger partial charge in [0.25, 0.3) is 0 Å². The second kappa shape index (κ2) is 8.74. The second-order valence-corrected chi connectivity index (χ2v) is 7.42. The average Bonchev–Trinajstić information content (AvgIpc) is 3.05. The molecule has 4 aromatic rings. The Morgan fingerprint density at radius 3 is 2.79 bits per heavy atom. The van der Waals surface area contributed by atoms with Crippen molar-refractivity contribution in [1.82, 2.24) is 19.2 Å². The molecule has 7 nitrogen and oxygen atoms in total. The summed E-state index contributed by atoms with van der Waals surface area (Å²) in [5, 5.41) is 7.24. The zero-order chi connectivity index (χ0) is 20.1. The number of hydrogen-bond donors (Lipinski definition) is 1. The van der Waals surface area contributed by atoms with Crippen LogP contribution in [0.15, 0.2) is 77.9 Å². The number of nitrogens with one attached hydrogen (secondary N) is 1. The van der Waals surface area contributed by atoms with Crippen molar-refractivity contribution in [3.05, 3.63) is 94.8 Å². The van der Waals surface area contributed by atoms with Gasteiger partial charge in [0.1, 0.15) is 0 Å². The van der Waals surface area contributed by atoms with Crippen molar-refractivity contribution >= 4 is 29.0 Å². The zero-order valence-electron chi connectivity index (χ0n) is 15.6. The monoisotopic (exact) mass is 405 g/mol. The minimum Gasteiger partial charge on any atom is -0.325 e. The third kappa shape index (κ3) is 4.72. The fraction of sp³-hybridized carbons (Fsp3) is 0.143. The lowest BCUT2D eigenvalue weighted by Crippen LogP contribution is -2.21. The molecule has 0 aliphatic carbocycles. The highest BCUT2D eigenvalue weighted by Gasteiger charge is 2.08. The Morgan fingerprint density at radius 2 is 1.97 bits per heavy atom. The average molecular weight is 405 g/mol. The Hall–Kier alpha value is -3.39. The molecular weight excluding hydrogens is 386 g/mol. The molecule has 0 spiro atoms. The first-order valence-electron chi connectivity index (χ1n) is 9.10. The van der Waals surface area contributed by atoms with Crippen molar-refractivity contribution in [2.45, 2.75) is 12.3 Å². The molecule has 0 bridgehead atoms. The van der Waals surface area contributed by atoms with Gasteiger partial charge in [-0.2, -0.15) is 0 Å². The summed E-state index contributed by atoms with van der Waals surface area (Å²) < 4.78 is 2.92. The normalized spacial score (nSPS) is 10.9. The predicted molar refractivity (Wildman–Crippen MR) is 114 cm³/mol. The Labute approximate surface area is 171 Å². The van der Waals surface area contributed by atoms with Crippen LogP contribution in [0.5, 0.6) is 0 Å². The van der Waals surface area contributed by atoms with Gasteiger partial charge in [-0.15, -0.1) is 16.9 Å². The van der Waals surface area contributed by atoms with Gasteiger partial charge in [-0.05, 0) is 42.0 Å². The number of nitrogens with zero attached hydrogens (tertiary/aromatic N) is 4. The van der Waals surface area contributed by atoms with Gasteiger partial charge in [0.15, 0.2) is 5.65 Å². The molecule has 0 aliphatic rings. The van der Waals surface area contributed by atoms with Crippen molar-refractivity contribution in [3.63, 3.8) is 0 Å². The van der Waals surface area contributed by atoms with E-state index in [1.54, 1.807) is 24.5 Å². The fourth-order valence-electron chi connectivity index (χ4n) is 2.92. The predicted octanol–water partition coefficient (Wildman–Crippen LogP) is 2.81. The van der Waals surface area contributed by atoms with Crippen molar-refractivity contribution in [3.8, 4) is 0 Å². The first-order valence-corrected chi connectivity index (χ1v) is 10.3. The van der Waals surface area contributed by atoms with E-state index in [-0.39, 0.29) is 11.6 Å². The maximum Gasteiger partial charge on any atom is 0.350 e. The molecule has 0 saturated carbocycles. The third-order valence-corrected chi connectivity index (χ3v) is 5.21. The number of anilines is 1. The number of pyridine rings is 2. The van der Waals surface area contributed by atoms with Crippen molar-refractivity contribution in [2.24, 2.45) is 0 Å². The smallest absolute Gasteiger partial charge is 0.325 e. The van der Waals surface area contributed by atoms with E-state index in [1.807, 2.05) is 48.5 Å². The molecular formula is C21H19N5O2S. The summed E-state index contributed by atoms with van der Waals surface area (Å²) in [4.78, 5) is 28.9. The maximum absolute atomic E-state index is 12.4. The van der Waals surface area contributed by atoms with E-state index in [0.717, 1.165) is 11.3 Å².